The molecule has 1 aliphatic rings. The standard InChI is InChI=1S/C17H17Cl2NO2/c1-3-5-10-22-12-6-7-13(15(19)11-12)16-9-8-14(18)17(21)20(16)4-2/h6-7,9,11,14H,4,8,10H2,1-2H3. The van der Waals surface area contributed by atoms with Crippen molar-refractivity contribution in [2.45, 2.75) is 25.6 Å². The van der Waals surface area contributed by atoms with Crippen LogP contribution in [0, 0.1) is 11.8 Å². The molecule has 1 aromatic carbocycles. The fourth-order valence-electron chi connectivity index (χ4n) is 2.28. The maximum absolute atomic E-state index is 12.2. The van der Waals surface area contributed by atoms with Gasteiger partial charge in [0, 0.05) is 17.8 Å². The molecule has 0 fully saturated rings. The highest BCUT2D eigenvalue weighted by Gasteiger charge is 2.29. The number of allylic oxidation sites excluding steroid dienone is 1. The van der Waals surface area contributed by atoms with Gasteiger partial charge in [-0.05, 0) is 38.5 Å². The van der Waals surface area contributed by atoms with Crippen molar-refractivity contribution in [3.8, 4) is 17.6 Å². The van der Waals surface area contributed by atoms with Crippen LogP contribution in [0.1, 0.15) is 25.8 Å². The Morgan fingerprint density at radius 2 is 2.23 bits per heavy atom. The van der Waals surface area contributed by atoms with Gasteiger partial charge in [0.05, 0.1) is 5.02 Å². The van der Waals surface area contributed by atoms with Crippen LogP contribution in [-0.2, 0) is 4.79 Å². The Kier molecular flexibility index (Phi) is 5.76. The van der Waals surface area contributed by atoms with Crippen molar-refractivity contribution in [3.05, 3.63) is 34.9 Å². The average Bonchev–Trinajstić information content (AvgIpc) is 2.51. The maximum atomic E-state index is 12.2. The Labute approximate surface area is 140 Å². The molecule has 1 atom stereocenters. The fourth-order valence-corrected chi connectivity index (χ4v) is 2.75. The van der Waals surface area contributed by atoms with Crippen LogP contribution in [0.3, 0.4) is 0 Å². The number of nitrogens with zero attached hydrogens (tertiary/aromatic N) is 1. The van der Waals surface area contributed by atoms with Crippen LogP contribution >= 0.6 is 23.2 Å². The number of rotatable bonds is 4. The average molecular weight is 338 g/mol. The van der Waals surface area contributed by atoms with Gasteiger partial charge in [-0.25, -0.2) is 0 Å². The number of hydrogen-bond donors (Lipinski definition) is 0. The minimum Gasteiger partial charge on any atom is -0.481 e. The Morgan fingerprint density at radius 3 is 2.86 bits per heavy atom. The number of alkyl halides is 1. The Hall–Kier alpha value is -1.63. The third-order valence-electron chi connectivity index (χ3n) is 3.36. The van der Waals surface area contributed by atoms with E-state index >= 15 is 0 Å². The number of amides is 1. The number of carbonyl (C=O) groups excluding carboxylic acids is 1. The van der Waals surface area contributed by atoms with Gasteiger partial charge < -0.3 is 9.64 Å². The van der Waals surface area contributed by atoms with Crippen molar-refractivity contribution in [3.63, 3.8) is 0 Å². The van der Waals surface area contributed by atoms with E-state index in [1.807, 2.05) is 25.1 Å². The van der Waals surface area contributed by atoms with Gasteiger partial charge in [-0.15, -0.1) is 17.5 Å². The summed E-state index contributed by atoms with van der Waals surface area (Å²) in [5.41, 5.74) is 1.60. The van der Waals surface area contributed by atoms with Gasteiger partial charge >= 0.3 is 0 Å². The first-order valence-corrected chi connectivity index (χ1v) is 7.87. The molecular weight excluding hydrogens is 321 g/mol. The van der Waals surface area contributed by atoms with Crippen molar-refractivity contribution < 1.29 is 9.53 Å². The normalized spacial score (nSPS) is 17.6. The highest BCUT2D eigenvalue weighted by Crippen LogP contribution is 2.33. The van der Waals surface area contributed by atoms with Gasteiger partial charge in [-0.1, -0.05) is 23.6 Å². The van der Waals surface area contributed by atoms with Crippen LogP contribution in [0.2, 0.25) is 5.02 Å². The molecule has 1 unspecified atom stereocenters. The molecule has 1 amide bonds. The quantitative estimate of drug-likeness (QED) is 0.615. The van der Waals surface area contributed by atoms with E-state index in [0.29, 0.717) is 30.3 Å². The molecule has 22 heavy (non-hydrogen) atoms. The lowest BCUT2D eigenvalue weighted by atomic mass is 10.0. The lowest BCUT2D eigenvalue weighted by Gasteiger charge is -2.30. The largest absolute Gasteiger partial charge is 0.481 e. The second-order valence-corrected chi connectivity index (χ2v) is 5.67. The van der Waals surface area contributed by atoms with Crippen LogP contribution < -0.4 is 4.74 Å². The molecule has 0 aliphatic carbocycles. The summed E-state index contributed by atoms with van der Waals surface area (Å²) in [6.07, 6.45) is 2.46. The SMILES string of the molecule is CC#CCOc1ccc(C2=CCC(Cl)C(=O)N2CC)c(Cl)c1. The minimum absolute atomic E-state index is 0.0868. The molecular formula is C17H17Cl2NO2. The van der Waals surface area contributed by atoms with E-state index in [4.69, 9.17) is 27.9 Å². The van der Waals surface area contributed by atoms with Gasteiger partial charge in [0.25, 0.3) is 0 Å². The smallest absolute Gasteiger partial charge is 0.245 e. The molecule has 0 aromatic heterocycles. The van der Waals surface area contributed by atoms with Gasteiger partial charge in [0.1, 0.15) is 17.7 Å². The molecule has 0 spiro atoms. The first kappa shape index (κ1) is 16.7. The summed E-state index contributed by atoms with van der Waals surface area (Å²) in [6.45, 7) is 4.54. The number of benzene rings is 1. The predicted octanol–water partition coefficient (Wildman–Crippen LogP) is 3.94. The maximum Gasteiger partial charge on any atom is 0.245 e. The zero-order valence-corrected chi connectivity index (χ0v) is 14.0. The van der Waals surface area contributed by atoms with Gasteiger partial charge in [-0.3, -0.25) is 4.79 Å². The molecule has 0 radical (unpaired) electrons. The Bertz CT molecular complexity index is 658. The Balaban J connectivity index is 2.28. The van der Waals surface area contributed by atoms with Gasteiger partial charge in [0.15, 0.2) is 0 Å². The monoisotopic (exact) mass is 337 g/mol. The summed E-state index contributed by atoms with van der Waals surface area (Å²) in [4.78, 5) is 13.8. The number of carbonyl (C=O) groups is 1. The molecule has 0 saturated heterocycles. The van der Waals surface area contributed by atoms with Crippen molar-refractivity contribution >= 4 is 34.8 Å². The highest BCUT2D eigenvalue weighted by atomic mass is 35.5. The predicted molar refractivity (Wildman–Crippen MR) is 90.0 cm³/mol. The van der Waals surface area contributed by atoms with Crippen LogP contribution in [-0.4, -0.2) is 29.3 Å². The first-order valence-electron chi connectivity index (χ1n) is 7.06. The van der Waals surface area contributed by atoms with E-state index in [9.17, 15) is 4.79 Å². The van der Waals surface area contributed by atoms with E-state index in [2.05, 4.69) is 11.8 Å². The van der Waals surface area contributed by atoms with E-state index in [0.717, 1.165) is 11.3 Å². The molecule has 0 N–H and O–H groups in total. The van der Waals surface area contributed by atoms with Crippen molar-refractivity contribution in [1.29, 1.82) is 0 Å². The lowest BCUT2D eigenvalue weighted by molar-refractivity contribution is -0.127. The van der Waals surface area contributed by atoms with Crippen molar-refractivity contribution in [2.24, 2.45) is 0 Å². The van der Waals surface area contributed by atoms with Gasteiger partial charge in [0.2, 0.25) is 5.91 Å². The molecule has 5 heteroatoms. The van der Waals surface area contributed by atoms with E-state index < -0.39 is 5.38 Å². The van der Waals surface area contributed by atoms with Gasteiger partial charge in [-0.2, -0.15) is 0 Å². The third kappa shape index (κ3) is 3.58. The molecule has 3 nitrogen and oxygen atoms in total. The molecule has 1 aromatic rings. The molecule has 116 valence electrons. The number of halogens is 2. The van der Waals surface area contributed by atoms with E-state index in [1.54, 1.807) is 17.9 Å². The number of ether oxygens (including phenoxy) is 1. The molecule has 2 rings (SSSR count). The Morgan fingerprint density at radius 1 is 1.45 bits per heavy atom. The number of hydrogen-bond acceptors (Lipinski definition) is 2. The van der Waals surface area contributed by atoms with Crippen molar-refractivity contribution in [1.82, 2.24) is 4.90 Å². The van der Waals surface area contributed by atoms with Crippen LogP contribution in [0.15, 0.2) is 24.3 Å². The summed E-state index contributed by atoms with van der Waals surface area (Å²) in [6, 6.07) is 5.41. The summed E-state index contributed by atoms with van der Waals surface area (Å²) in [7, 11) is 0. The fraction of sp³-hybridized carbons (Fsp3) is 0.353. The van der Waals surface area contributed by atoms with Crippen LogP contribution in [0.5, 0.6) is 5.75 Å². The topological polar surface area (TPSA) is 29.5 Å². The van der Waals surface area contributed by atoms with E-state index in [1.165, 1.54) is 0 Å². The molecule has 0 bridgehead atoms. The second kappa shape index (κ2) is 7.58. The molecule has 1 aliphatic heterocycles. The highest BCUT2D eigenvalue weighted by molar-refractivity contribution is 6.33. The van der Waals surface area contributed by atoms with E-state index in [-0.39, 0.29) is 5.91 Å². The molecule has 1 heterocycles. The summed E-state index contributed by atoms with van der Waals surface area (Å²) in [5.74, 6) is 6.15. The lowest BCUT2D eigenvalue weighted by Crippen LogP contribution is -2.38. The first-order chi connectivity index (χ1) is 10.6. The van der Waals surface area contributed by atoms with Crippen molar-refractivity contribution in [2.75, 3.05) is 13.2 Å². The second-order valence-electron chi connectivity index (χ2n) is 4.73. The van der Waals surface area contributed by atoms with Crippen LogP contribution in [0.4, 0.5) is 0 Å². The zero-order valence-electron chi connectivity index (χ0n) is 12.5. The third-order valence-corrected chi connectivity index (χ3v) is 4.04. The zero-order chi connectivity index (χ0) is 16.1. The van der Waals surface area contributed by atoms with Crippen LogP contribution in [0.25, 0.3) is 5.70 Å². The summed E-state index contributed by atoms with van der Waals surface area (Å²) < 4.78 is 5.48. The summed E-state index contributed by atoms with van der Waals surface area (Å²) in [5, 5.41) is 0.0326. The summed E-state index contributed by atoms with van der Waals surface area (Å²) >= 11 is 12.4. The molecule has 0 saturated carbocycles. The minimum atomic E-state index is -0.502.